The number of aromatic nitrogens is 4. The van der Waals surface area contributed by atoms with Gasteiger partial charge in [-0.2, -0.15) is 5.10 Å². The normalized spacial score (nSPS) is 12.8. The van der Waals surface area contributed by atoms with E-state index >= 15 is 0 Å². The molecule has 0 aliphatic heterocycles. The second-order valence-corrected chi connectivity index (χ2v) is 7.18. The molecule has 2 heterocycles. The minimum atomic E-state index is -3.74. The van der Waals surface area contributed by atoms with E-state index in [0.717, 1.165) is 11.3 Å². The van der Waals surface area contributed by atoms with Crippen LogP contribution >= 0.6 is 0 Å². The molecule has 0 amide bonds. The topological polar surface area (TPSA) is 107 Å². The number of rotatable bonds is 5. The molecule has 0 aliphatic rings. The third-order valence-corrected chi connectivity index (χ3v) is 4.95. The van der Waals surface area contributed by atoms with E-state index in [1.54, 1.807) is 17.1 Å². The first kappa shape index (κ1) is 17.1. The summed E-state index contributed by atoms with van der Waals surface area (Å²) in [5.74, 6) is 0.653. The molecular formula is C16H18N6O2S. The Morgan fingerprint density at radius 1 is 1.16 bits per heavy atom. The van der Waals surface area contributed by atoms with Crippen LogP contribution in [0.1, 0.15) is 18.5 Å². The zero-order chi connectivity index (χ0) is 18.0. The minimum Gasteiger partial charge on any atom is -0.353 e. The molecule has 130 valence electrons. The van der Waals surface area contributed by atoms with Crippen molar-refractivity contribution in [3.8, 4) is 5.69 Å². The van der Waals surface area contributed by atoms with Crippen molar-refractivity contribution < 1.29 is 8.42 Å². The zero-order valence-corrected chi connectivity index (χ0v) is 14.6. The number of sulfonamides is 1. The maximum absolute atomic E-state index is 11.3. The van der Waals surface area contributed by atoms with Crippen molar-refractivity contribution in [2.24, 2.45) is 5.14 Å². The van der Waals surface area contributed by atoms with Gasteiger partial charge in [0.2, 0.25) is 10.0 Å². The predicted molar refractivity (Wildman–Crippen MR) is 93.8 cm³/mol. The summed E-state index contributed by atoms with van der Waals surface area (Å²) in [7, 11) is -1.84. The average Bonchev–Trinajstić information content (AvgIpc) is 3.14. The van der Waals surface area contributed by atoms with Crippen LogP contribution in [0.3, 0.4) is 0 Å². The van der Waals surface area contributed by atoms with Crippen LogP contribution in [-0.2, 0) is 10.0 Å². The molecule has 0 unspecified atom stereocenters. The van der Waals surface area contributed by atoms with Gasteiger partial charge in [-0.15, -0.1) is 0 Å². The second-order valence-electron chi connectivity index (χ2n) is 5.62. The van der Waals surface area contributed by atoms with Crippen molar-refractivity contribution in [2.45, 2.75) is 17.9 Å². The fraction of sp³-hybridized carbons (Fsp3) is 0.188. The molecule has 2 N–H and O–H groups in total. The van der Waals surface area contributed by atoms with E-state index in [1.165, 1.54) is 18.6 Å². The second kappa shape index (κ2) is 6.61. The van der Waals surface area contributed by atoms with Crippen molar-refractivity contribution in [2.75, 3.05) is 11.9 Å². The van der Waals surface area contributed by atoms with E-state index < -0.39 is 10.0 Å². The van der Waals surface area contributed by atoms with Crippen LogP contribution in [0, 0.1) is 0 Å². The van der Waals surface area contributed by atoms with Gasteiger partial charge in [0.15, 0.2) is 0 Å². The van der Waals surface area contributed by atoms with Gasteiger partial charge in [-0.05, 0) is 36.8 Å². The van der Waals surface area contributed by atoms with Crippen LogP contribution in [0.4, 0.5) is 5.82 Å². The summed E-state index contributed by atoms with van der Waals surface area (Å²) < 4.78 is 24.3. The van der Waals surface area contributed by atoms with Gasteiger partial charge in [0.05, 0.1) is 11.7 Å². The Morgan fingerprint density at radius 3 is 2.40 bits per heavy atom. The first-order valence-corrected chi connectivity index (χ1v) is 9.07. The molecule has 0 saturated heterocycles. The highest BCUT2D eigenvalue weighted by Gasteiger charge is 2.15. The summed E-state index contributed by atoms with van der Waals surface area (Å²) in [4.78, 5) is 10.1. The number of hydrogen-bond acceptors (Lipinski definition) is 6. The molecule has 25 heavy (non-hydrogen) atoms. The Morgan fingerprint density at radius 2 is 1.88 bits per heavy atom. The van der Waals surface area contributed by atoms with Gasteiger partial charge < -0.3 is 4.90 Å². The molecule has 3 aromatic rings. The van der Waals surface area contributed by atoms with Crippen molar-refractivity contribution in [1.29, 1.82) is 0 Å². The highest BCUT2D eigenvalue weighted by molar-refractivity contribution is 7.89. The average molecular weight is 358 g/mol. The summed E-state index contributed by atoms with van der Waals surface area (Å²) in [6.45, 7) is 2.04. The fourth-order valence-electron chi connectivity index (χ4n) is 2.42. The SMILES string of the molecule is C[C@@H](c1ccc(-n2cncn2)cc1)N(C)c1ccc(S(N)(=O)=O)cn1. The standard InChI is InChI=1S/C16H18N6O2S/c1-12(13-3-5-14(6-4-13)22-11-18-10-20-22)21(2)16-8-7-15(9-19-16)25(17,23)24/h3-12H,1-2H3,(H2,17,23,24)/t12-/m0/s1. The Labute approximate surface area is 146 Å². The number of nitrogens with two attached hydrogens (primary N) is 1. The lowest BCUT2D eigenvalue weighted by molar-refractivity contribution is 0.597. The first-order chi connectivity index (χ1) is 11.9. The van der Waals surface area contributed by atoms with Gasteiger partial charge in [0.1, 0.15) is 23.4 Å². The third-order valence-electron chi connectivity index (χ3n) is 4.05. The molecule has 3 rings (SSSR count). The Balaban J connectivity index is 1.79. The molecule has 9 heteroatoms. The van der Waals surface area contributed by atoms with E-state index in [-0.39, 0.29) is 10.9 Å². The number of anilines is 1. The van der Waals surface area contributed by atoms with Gasteiger partial charge in [0, 0.05) is 13.2 Å². The molecule has 1 atom stereocenters. The molecule has 2 aromatic heterocycles. The number of nitrogens with zero attached hydrogens (tertiary/aromatic N) is 5. The molecular weight excluding hydrogens is 340 g/mol. The van der Waals surface area contributed by atoms with Gasteiger partial charge >= 0.3 is 0 Å². The molecule has 0 spiro atoms. The van der Waals surface area contributed by atoms with Crippen molar-refractivity contribution >= 4 is 15.8 Å². The summed E-state index contributed by atoms with van der Waals surface area (Å²) in [6, 6.07) is 11.1. The van der Waals surface area contributed by atoms with E-state index in [9.17, 15) is 8.42 Å². The molecule has 0 aliphatic carbocycles. The first-order valence-electron chi connectivity index (χ1n) is 7.53. The van der Waals surface area contributed by atoms with Gasteiger partial charge in [0.25, 0.3) is 0 Å². The quantitative estimate of drug-likeness (QED) is 0.741. The zero-order valence-electron chi connectivity index (χ0n) is 13.8. The number of benzene rings is 1. The molecule has 8 nitrogen and oxygen atoms in total. The van der Waals surface area contributed by atoms with Crippen molar-refractivity contribution in [3.63, 3.8) is 0 Å². The van der Waals surface area contributed by atoms with E-state index in [0.29, 0.717) is 5.82 Å². The summed E-state index contributed by atoms with van der Waals surface area (Å²) in [5, 5.41) is 9.19. The lowest BCUT2D eigenvalue weighted by Crippen LogP contribution is -2.23. The predicted octanol–water partition coefficient (Wildman–Crippen LogP) is 1.51. The number of primary sulfonamides is 1. The van der Waals surface area contributed by atoms with E-state index in [2.05, 4.69) is 15.1 Å². The largest absolute Gasteiger partial charge is 0.353 e. The smallest absolute Gasteiger partial charge is 0.239 e. The Hall–Kier alpha value is -2.78. The van der Waals surface area contributed by atoms with Crippen molar-refractivity contribution in [3.05, 3.63) is 60.8 Å². The maximum Gasteiger partial charge on any atom is 0.239 e. The number of hydrogen-bond donors (Lipinski definition) is 1. The number of pyridine rings is 1. The lowest BCUT2D eigenvalue weighted by atomic mass is 10.1. The summed E-state index contributed by atoms with van der Waals surface area (Å²) in [6.07, 6.45) is 4.39. The molecule has 1 aromatic carbocycles. The molecule has 0 fully saturated rings. The molecule has 0 bridgehead atoms. The molecule has 0 radical (unpaired) electrons. The monoisotopic (exact) mass is 358 g/mol. The van der Waals surface area contributed by atoms with Crippen LogP contribution in [0.25, 0.3) is 5.69 Å². The maximum atomic E-state index is 11.3. The van der Waals surface area contributed by atoms with Crippen LogP contribution < -0.4 is 10.0 Å². The van der Waals surface area contributed by atoms with Gasteiger partial charge in [-0.25, -0.2) is 28.2 Å². The van der Waals surface area contributed by atoms with Crippen LogP contribution in [0.15, 0.2) is 60.1 Å². The summed E-state index contributed by atoms with van der Waals surface area (Å²) in [5.41, 5.74) is 2.01. The van der Waals surface area contributed by atoms with Gasteiger partial charge in [-0.1, -0.05) is 12.1 Å². The van der Waals surface area contributed by atoms with Gasteiger partial charge in [-0.3, -0.25) is 0 Å². The third kappa shape index (κ3) is 3.67. The van der Waals surface area contributed by atoms with Crippen LogP contribution in [-0.4, -0.2) is 35.2 Å². The lowest BCUT2D eigenvalue weighted by Gasteiger charge is -2.26. The molecule has 0 saturated carbocycles. The van der Waals surface area contributed by atoms with Crippen LogP contribution in [0.2, 0.25) is 0 Å². The van der Waals surface area contributed by atoms with E-state index in [1.807, 2.05) is 43.1 Å². The highest BCUT2D eigenvalue weighted by atomic mass is 32.2. The van der Waals surface area contributed by atoms with Crippen LogP contribution in [0.5, 0.6) is 0 Å². The highest BCUT2D eigenvalue weighted by Crippen LogP contribution is 2.25. The van der Waals surface area contributed by atoms with Crippen molar-refractivity contribution in [1.82, 2.24) is 19.7 Å². The minimum absolute atomic E-state index is 0.00510. The fourth-order valence-corrected chi connectivity index (χ4v) is 2.88. The van der Waals surface area contributed by atoms with E-state index in [4.69, 9.17) is 5.14 Å². The summed E-state index contributed by atoms with van der Waals surface area (Å²) >= 11 is 0. The Bertz CT molecular complexity index is 937. The Kier molecular flexibility index (Phi) is 4.51.